The van der Waals surface area contributed by atoms with Crippen molar-refractivity contribution < 1.29 is 4.79 Å². The first-order valence-corrected chi connectivity index (χ1v) is 6.55. The molecule has 0 saturated heterocycles. The second-order valence-electron chi connectivity index (χ2n) is 3.88. The van der Waals surface area contributed by atoms with Gasteiger partial charge in [0, 0.05) is 19.5 Å². The van der Waals surface area contributed by atoms with E-state index in [1.54, 1.807) is 12.1 Å². The molecular weight excluding hydrogens is 273 g/mol. The average molecular weight is 290 g/mol. The minimum Gasteiger partial charge on any atom is -0.397 e. The van der Waals surface area contributed by atoms with Crippen LogP contribution in [0, 0.1) is 0 Å². The number of anilines is 2. The number of nitrogens with two attached hydrogens (primary N) is 1. The fourth-order valence-electron chi connectivity index (χ4n) is 1.38. The Morgan fingerprint density at radius 3 is 2.61 bits per heavy atom. The fraction of sp³-hybridized carbons (Fsp3) is 0.417. The van der Waals surface area contributed by atoms with Gasteiger partial charge in [-0.1, -0.05) is 30.1 Å². The van der Waals surface area contributed by atoms with E-state index in [9.17, 15) is 4.79 Å². The molecule has 100 valence electrons. The molecule has 0 fully saturated rings. The highest BCUT2D eigenvalue weighted by Gasteiger charge is 2.05. The van der Waals surface area contributed by atoms with E-state index < -0.39 is 0 Å². The first kappa shape index (κ1) is 14.9. The highest BCUT2D eigenvalue weighted by molar-refractivity contribution is 6.42. The van der Waals surface area contributed by atoms with Crippen LogP contribution in [0.3, 0.4) is 0 Å². The third-order valence-corrected chi connectivity index (χ3v) is 3.05. The molecule has 1 amide bonds. The highest BCUT2D eigenvalue weighted by Crippen LogP contribution is 2.30. The molecule has 6 heteroatoms. The molecule has 0 radical (unpaired) electrons. The van der Waals surface area contributed by atoms with Gasteiger partial charge in [-0.25, -0.2) is 0 Å². The largest absolute Gasteiger partial charge is 0.397 e. The fourth-order valence-corrected chi connectivity index (χ4v) is 1.71. The zero-order valence-electron chi connectivity index (χ0n) is 10.2. The molecule has 0 aliphatic carbocycles. The van der Waals surface area contributed by atoms with E-state index in [1.807, 2.05) is 6.92 Å². The minimum atomic E-state index is 0.0166. The summed E-state index contributed by atoms with van der Waals surface area (Å²) in [6.45, 7) is 3.21. The Kier molecular flexibility index (Phi) is 6.09. The lowest BCUT2D eigenvalue weighted by Gasteiger charge is -2.10. The van der Waals surface area contributed by atoms with Gasteiger partial charge >= 0.3 is 0 Å². The van der Waals surface area contributed by atoms with Crippen LogP contribution in [0.4, 0.5) is 11.4 Å². The number of nitrogens with one attached hydrogen (secondary N) is 2. The Labute approximate surface area is 117 Å². The molecule has 0 aliphatic rings. The molecular formula is C12H17Cl2N3O. The van der Waals surface area contributed by atoms with Crippen LogP contribution >= 0.6 is 23.2 Å². The van der Waals surface area contributed by atoms with Crippen molar-refractivity contribution in [3.05, 3.63) is 22.2 Å². The quantitative estimate of drug-likeness (QED) is 0.706. The summed E-state index contributed by atoms with van der Waals surface area (Å²) in [5.74, 6) is 0.0166. The predicted molar refractivity (Wildman–Crippen MR) is 77.3 cm³/mol. The van der Waals surface area contributed by atoms with Gasteiger partial charge in [-0.05, 0) is 18.6 Å². The number of hydrogen-bond acceptors (Lipinski definition) is 3. The van der Waals surface area contributed by atoms with Crippen LogP contribution in [0.1, 0.15) is 19.8 Å². The van der Waals surface area contributed by atoms with E-state index in [1.165, 1.54) is 0 Å². The first-order valence-electron chi connectivity index (χ1n) is 5.79. The number of halogens is 2. The first-order chi connectivity index (χ1) is 8.54. The van der Waals surface area contributed by atoms with E-state index in [2.05, 4.69) is 10.6 Å². The molecule has 0 aromatic heterocycles. The van der Waals surface area contributed by atoms with Crippen LogP contribution in [0.5, 0.6) is 0 Å². The van der Waals surface area contributed by atoms with Crippen molar-refractivity contribution >= 4 is 40.5 Å². The second kappa shape index (κ2) is 7.34. The number of carbonyl (C=O) groups is 1. The van der Waals surface area contributed by atoms with Gasteiger partial charge in [-0.3, -0.25) is 4.79 Å². The molecule has 18 heavy (non-hydrogen) atoms. The van der Waals surface area contributed by atoms with Crippen LogP contribution in [-0.2, 0) is 4.79 Å². The second-order valence-corrected chi connectivity index (χ2v) is 4.69. The van der Waals surface area contributed by atoms with Gasteiger partial charge in [0.05, 0.1) is 21.4 Å². The standard InChI is InChI=1S/C12H17Cl2N3O/c1-2-4-17-12(18)3-5-16-11-7-9(14)8(13)6-10(11)15/h6-7,16H,2-5,15H2,1H3,(H,17,18). The zero-order chi connectivity index (χ0) is 13.5. The summed E-state index contributed by atoms with van der Waals surface area (Å²) in [6, 6.07) is 3.24. The van der Waals surface area contributed by atoms with Crippen molar-refractivity contribution in [1.29, 1.82) is 0 Å². The topological polar surface area (TPSA) is 67.2 Å². The van der Waals surface area contributed by atoms with Gasteiger partial charge in [0.15, 0.2) is 0 Å². The van der Waals surface area contributed by atoms with E-state index in [0.717, 1.165) is 6.42 Å². The summed E-state index contributed by atoms with van der Waals surface area (Å²) in [5.41, 5.74) is 6.98. The molecule has 0 atom stereocenters. The zero-order valence-corrected chi connectivity index (χ0v) is 11.7. The van der Waals surface area contributed by atoms with Crippen LogP contribution in [-0.4, -0.2) is 19.0 Å². The monoisotopic (exact) mass is 289 g/mol. The number of benzene rings is 1. The van der Waals surface area contributed by atoms with Gasteiger partial charge in [-0.15, -0.1) is 0 Å². The maximum absolute atomic E-state index is 11.4. The van der Waals surface area contributed by atoms with Crippen LogP contribution < -0.4 is 16.4 Å². The van der Waals surface area contributed by atoms with E-state index in [-0.39, 0.29) is 5.91 Å². The van der Waals surface area contributed by atoms with Gasteiger partial charge in [0.2, 0.25) is 5.91 Å². The van der Waals surface area contributed by atoms with Gasteiger partial charge in [-0.2, -0.15) is 0 Å². The molecule has 0 saturated carbocycles. The Bertz CT molecular complexity index is 424. The molecule has 1 aromatic carbocycles. The van der Waals surface area contributed by atoms with E-state index in [0.29, 0.717) is 40.9 Å². The van der Waals surface area contributed by atoms with Crippen molar-refractivity contribution in [1.82, 2.24) is 5.32 Å². The Morgan fingerprint density at radius 2 is 1.94 bits per heavy atom. The maximum atomic E-state index is 11.4. The van der Waals surface area contributed by atoms with Gasteiger partial charge < -0.3 is 16.4 Å². The number of amides is 1. The Morgan fingerprint density at radius 1 is 1.28 bits per heavy atom. The SMILES string of the molecule is CCCNC(=O)CCNc1cc(Cl)c(Cl)cc1N. The van der Waals surface area contributed by atoms with Crippen molar-refractivity contribution in [2.24, 2.45) is 0 Å². The molecule has 4 N–H and O–H groups in total. The lowest BCUT2D eigenvalue weighted by molar-refractivity contribution is -0.120. The van der Waals surface area contributed by atoms with E-state index in [4.69, 9.17) is 28.9 Å². The van der Waals surface area contributed by atoms with Gasteiger partial charge in [0.25, 0.3) is 0 Å². The predicted octanol–water partition coefficient (Wildman–Crippen LogP) is 2.90. The number of nitrogen functional groups attached to an aromatic ring is 1. The average Bonchev–Trinajstić information content (AvgIpc) is 2.33. The molecule has 1 aromatic rings. The van der Waals surface area contributed by atoms with Crippen LogP contribution in [0.15, 0.2) is 12.1 Å². The number of carbonyl (C=O) groups excluding carboxylic acids is 1. The van der Waals surface area contributed by atoms with Crippen LogP contribution in [0.25, 0.3) is 0 Å². The van der Waals surface area contributed by atoms with Gasteiger partial charge in [0.1, 0.15) is 0 Å². The molecule has 0 unspecified atom stereocenters. The summed E-state index contributed by atoms with van der Waals surface area (Å²) in [7, 11) is 0. The lowest BCUT2D eigenvalue weighted by atomic mass is 10.2. The molecule has 4 nitrogen and oxygen atoms in total. The van der Waals surface area contributed by atoms with Crippen molar-refractivity contribution in [2.45, 2.75) is 19.8 Å². The van der Waals surface area contributed by atoms with Crippen molar-refractivity contribution in [2.75, 3.05) is 24.1 Å². The maximum Gasteiger partial charge on any atom is 0.221 e. The number of rotatable bonds is 6. The third kappa shape index (κ3) is 4.63. The molecule has 0 heterocycles. The summed E-state index contributed by atoms with van der Waals surface area (Å²) < 4.78 is 0. The third-order valence-electron chi connectivity index (χ3n) is 2.33. The molecule has 0 spiro atoms. The normalized spacial score (nSPS) is 10.2. The van der Waals surface area contributed by atoms with Crippen molar-refractivity contribution in [3.63, 3.8) is 0 Å². The summed E-state index contributed by atoms with van der Waals surface area (Å²) in [5, 5.41) is 6.71. The Balaban J connectivity index is 2.44. The lowest BCUT2D eigenvalue weighted by Crippen LogP contribution is -2.25. The van der Waals surface area contributed by atoms with E-state index >= 15 is 0 Å². The molecule has 0 bridgehead atoms. The summed E-state index contributed by atoms with van der Waals surface area (Å²) in [6.07, 6.45) is 1.32. The van der Waals surface area contributed by atoms with Crippen molar-refractivity contribution in [3.8, 4) is 0 Å². The Hall–Kier alpha value is -1.13. The smallest absolute Gasteiger partial charge is 0.221 e. The molecule has 0 aliphatic heterocycles. The summed E-state index contributed by atoms with van der Waals surface area (Å²) >= 11 is 11.7. The summed E-state index contributed by atoms with van der Waals surface area (Å²) in [4.78, 5) is 11.4. The highest BCUT2D eigenvalue weighted by atomic mass is 35.5. The minimum absolute atomic E-state index is 0.0166. The number of hydrogen-bond donors (Lipinski definition) is 3. The molecule has 1 rings (SSSR count). The van der Waals surface area contributed by atoms with Crippen LogP contribution in [0.2, 0.25) is 10.0 Å².